The molecule has 1 aromatic rings. The van der Waals surface area contributed by atoms with Crippen LogP contribution >= 0.6 is 11.3 Å². The summed E-state index contributed by atoms with van der Waals surface area (Å²) >= 11 is 1.84. The molecule has 0 aliphatic rings. The Bertz CT molecular complexity index is 263. The first-order valence-electron chi connectivity index (χ1n) is 5.25. The third kappa shape index (κ3) is 2.81. The SMILES string of the molecule is C[Si](C)(C)C(c1ccsc1)[Si](C)(C)C. The van der Waals surface area contributed by atoms with Crippen molar-refractivity contribution >= 4 is 27.5 Å². The molecule has 1 rings (SSSR count). The van der Waals surface area contributed by atoms with Crippen LogP contribution in [0.2, 0.25) is 39.3 Å². The van der Waals surface area contributed by atoms with E-state index in [2.05, 4.69) is 56.1 Å². The van der Waals surface area contributed by atoms with Gasteiger partial charge < -0.3 is 0 Å². The van der Waals surface area contributed by atoms with Gasteiger partial charge in [0.05, 0.1) is 0 Å². The van der Waals surface area contributed by atoms with Crippen LogP contribution in [0.1, 0.15) is 10.7 Å². The number of rotatable bonds is 3. The molecule has 3 heteroatoms. The molecule has 0 fully saturated rings. The minimum Gasteiger partial charge on any atom is -0.152 e. The predicted octanol–water partition coefficient (Wildman–Crippen LogP) is 4.59. The van der Waals surface area contributed by atoms with Crippen LogP contribution in [0.5, 0.6) is 0 Å². The van der Waals surface area contributed by atoms with Gasteiger partial charge in [0.15, 0.2) is 0 Å². The monoisotopic (exact) mass is 242 g/mol. The van der Waals surface area contributed by atoms with E-state index in [1.54, 1.807) is 5.56 Å². The van der Waals surface area contributed by atoms with Crippen molar-refractivity contribution < 1.29 is 0 Å². The Kier molecular flexibility index (Phi) is 3.44. The highest BCUT2D eigenvalue weighted by molar-refractivity contribution is 7.08. The lowest BCUT2D eigenvalue weighted by molar-refractivity contribution is 1.19. The Morgan fingerprint density at radius 1 is 1.00 bits per heavy atom. The largest absolute Gasteiger partial charge is 0.152 e. The first-order chi connectivity index (χ1) is 6.23. The Labute approximate surface area is 94.4 Å². The van der Waals surface area contributed by atoms with Crippen LogP contribution in [0, 0.1) is 0 Å². The van der Waals surface area contributed by atoms with Crippen molar-refractivity contribution in [1.29, 1.82) is 0 Å². The molecule has 1 heterocycles. The molecule has 0 aliphatic carbocycles. The van der Waals surface area contributed by atoms with Crippen LogP contribution < -0.4 is 0 Å². The van der Waals surface area contributed by atoms with Crippen LogP contribution in [0.3, 0.4) is 0 Å². The molecule has 0 saturated carbocycles. The standard InChI is InChI=1S/C11H22SSi2/c1-13(2,3)11(14(4,5)6)10-7-8-12-9-10/h7-9,11H,1-6H3. The molecule has 0 bridgehead atoms. The van der Waals surface area contributed by atoms with E-state index in [0.29, 0.717) is 0 Å². The van der Waals surface area contributed by atoms with Crippen molar-refractivity contribution in [3.63, 3.8) is 0 Å². The average Bonchev–Trinajstić information content (AvgIpc) is 2.31. The van der Waals surface area contributed by atoms with E-state index in [-0.39, 0.29) is 0 Å². The minimum atomic E-state index is -1.06. The number of thiophene rings is 1. The van der Waals surface area contributed by atoms with Gasteiger partial charge in [0.2, 0.25) is 0 Å². The molecule has 0 radical (unpaired) electrons. The zero-order chi connectivity index (χ0) is 11.0. The van der Waals surface area contributed by atoms with Gasteiger partial charge >= 0.3 is 0 Å². The van der Waals surface area contributed by atoms with Crippen LogP contribution in [0.15, 0.2) is 16.8 Å². The van der Waals surface area contributed by atoms with Gasteiger partial charge in [-0.25, -0.2) is 0 Å². The summed E-state index contributed by atoms with van der Waals surface area (Å²) in [6.45, 7) is 15.0. The quantitative estimate of drug-likeness (QED) is 0.680. The van der Waals surface area contributed by atoms with Crippen molar-refractivity contribution in [2.24, 2.45) is 0 Å². The first kappa shape index (κ1) is 12.2. The van der Waals surface area contributed by atoms with Crippen molar-refractivity contribution in [2.45, 2.75) is 44.4 Å². The van der Waals surface area contributed by atoms with E-state index in [1.165, 1.54) is 0 Å². The summed E-state index contributed by atoms with van der Waals surface area (Å²) in [5.41, 5.74) is 1.62. The second-order valence-electron chi connectivity index (χ2n) is 6.22. The Hall–Kier alpha value is 0.134. The lowest BCUT2D eigenvalue weighted by Gasteiger charge is -2.38. The molecule has 80 valence electrons. The van der Waals surface area contributed by atoms with Gasteiger partial charge in [0.25, 0.3) is 0 Å². The van der Waals surface area contributed by atoms with Gasteiger partial charge in [0.1, 0.15) is 0 Å². The zero-order valence-electron chi connectivity index (χ0n) is 10.2. The predicted molar refractivity (Wildman–Crippen MR) is 73.8 cm³/mol. The van der Waals surface area contributed by atoms with Gasteiger partial charge in [-0.15, -0.1) is 0 Å². The van der Waals surface area contributed by atoms with Crippen molar-refractivity contribution in [3.05, 3.63) is 22.4 Å². The summed E-state index contributed by atoms with van der Waals surface area (Å²) in [7, 11) is -2.12. The maximum Gasteiger partial charge on any atom is 0.0493 e. The molecule has 0 nitrogen and oxygen atoms in total. The molecular formula is C11H22SSi2. The zero-order valence-corrected chi connectivity index (χ0v) is 13.0. The summed E-state index contributed by atoms with van der Waals surface area (Å²) in [4.78, 5) is 0. The topological polar surface area (TPSA) is 0 Å². The van der Waals surface area contributed by atoms with Crippen LogP contribution in [-0.4, -0.2) is 16.1 Å². The highest BCUT2D eigenvalue weighted by Gasteiger charge is 2.38. The fourth-order valence-corrected chi connectivity index (χ4v) is 16.4. The Balaban J connectivity index is 3.08. The minimum absolute atomic E-state index is 0.904. The van der Waals surface area contributed by atoms with Crippen LogP contribution in [0.4, 0.5) is 0 Å². The van der Waals surface area contributed by atoms with Crippen molar-refractivity contribution in [2.75, 3.05) is 0 Å². The second kappa shape index (κ2) is 3.95. The molecule has 14 heavy (non-hydrogen) atoms. The van der Waals surface area contributed by atoms with Crippen molar-refractivity contribution in [3.8, 4) is 0 Å². The molecule has 1 aromatic heterocycles. The van der Waals surface area contributed by atoms with Crippen molar-refractivity contribution in [1.82, 2.24) is 0 Å². The fraction of sp³-hybridized carbons (Fsp3) is 0.636. The summed E-state index contributed by atoms with van der Waals surface area (Å²) < 4.78 is 0. The maximum atomic E-state index is 2.51. The number of hydrogen-bond donors (Lipinski definition) is 0. The summed E-state index contributed by atoms with van der Waals surface area (Å²) in [5.74, 6) is 0. The highest BCUT2D eigenvalue weighted by Crippen LogP contribution is 2.36. The molecule has 0 atom stereocenters. The van der Waals surface area contributed by atoms with E-state index in [4.69, 9.17) is 0 Å². The van der Waals surface area contributed by atoms with Gasteiger partial charge in [-0.1, -0.05) is 39.3 Å². The molecule has 0 spiro atoms. The van der Waals surface area contributed by atoms with E-state index >= 15 is 0 Å². The summed E-state index contributed by atoms with van der Waals surface area (Å²) in [5, 5.41) is 5.49. The molecule has 0 N–H and O–H groups in total. The Morgan fingerprint density at radius 2 is 1.50 bits per heavy atom. The average molecular weight is 243 g/mol. The maximum absolute atomic E-state index is 2.51. The smallest absolute Gasteiger partial charge is 0.0493 e. The molecule has 0 aromatic carbocycles. The first-order valence-corrected chi connectivity index (χ1v) is 13.3. The van der Waals surface area contributed by atoms with Crippen LogP contribution in [-0.2, 0) is 0 Å². The lowest BCUT2D eigenvalue weighted by atomic mass is 10.4. The fourth-order valence-electron chi connectivity index (χ4n) is 2.74. The van der Waals surface area contributed by atoms with Gasteiger partial charge in [-0.05, 0) is 27.6 Å². The van der Waals surface area contributed by atoms with E-state index in [1.807, 2.05) is 11.3 Å². The van der Waals surface area contributed by atoms with Crippen LogP contribution in [0.25, 0.3) is 0 Å². The third-order valence-electron chi connectivity index (χ3n) is 2.61. The summed E-state index contributed by atoms with van der Waals surface area (Å²) in [6.07, 6.45) is 0. The van der Waals surface area contributed by atoms with Gasteiger partial charge in [0, 0.05) is 16.1 Å². The van der Waals surface area contributed by atoms with Gasteiger partial charge in [-0.3, -0.25) is 0 Å². The molecular weight excluding hydrogens is 220 g/mol. The molecule has 0 unspecified atom stereocenters. The third-order valence-corrected chi connectivity index (χ3v) is 12.6. The molecule has 0 saturated heterocycles. The normalized spacial score (nSPS) is 13.6. The summed E-state index contributed by atoms with van der Waals surface area (Å²) in [6, 6.07) is 2.34. The molecule has 0 aliphatic heterocycles. The number of hydrogen-bond acceptors (Lipinski definition) is 1. The lowest BCUT2D eigenvalue weighted by Crippen LogP contribution is -2.46. The highest BCUT2D eigenvalue weighted by atomic mass is 32.1. The van der Waals surface area contributed by atoms with E-state index < -0.39 is 16.1 Å². The van der Waals surface area contributed by atoms with E-state index in [9.17, 15) is 0 Å². The molecule has 0 amide bonds. The Morgan fingerprint density at radius 3 is 1.79 bits per heavy atom. The van der Waals surface area contributed by atoms with Gasteiger partial charge in [-0.2, -0.15) is 11.3 Å². The van der Waals surface area contributed by atoms with E-state index in [0.717, 1.165) is 5.16 Å². The second-order valence-corrected chi connectivity index (χ2v) is 18.2.